The molecule has 0 saturated carbocycles. The zero-order chi connectivity index (χ0) is 29.4. The van der Waals surface area contributed by atoms with E-state index in [2.05, 4.69) is 38.2 Å². The Morgan fingerprint density at radius 2 is 1.00 bits per heavy atom. The third kappa shape index (κ3) is 29.4. The van der Waals surface area contributed by atoms with E-state index in [4.69, 9.17) is 9.47 Å². The fraction of sp³-hybridized carbons (Fsp3) is 0.829. The molecular weight excluding hydrogens is 500 g/mol. The standard InChI is InChI=1S/C35H64O5/c1-3-5-7-9-11-13-15-16-17-18-20-21-23-25-27-29-34(37)39-32-33(31-36)40-35(38)30-28-26-24-22-19-14-12-10-8-6-4-2/h11,13,16-17,33,36H,3-10,12,14-15,18-32H2,1-2H3. The molecule has 1 atom stereocenters. The highest BCUT2D eigenvalue weighted by Crippen LogP contribution is 2.13. The minimum Gasteiger partial charge on any atom is -0.462 e. The Morgan fingerprint density at radius 1 is 0.575 bits per heavy atom. The van der Waals surface area contributed by atoms with Crippen molar-refractivity contribution in [2.45, 2.75) is 174 Å². The molecule has 0 rings (SSSR count). The van der Waals surface area contributed by atoms with Crippen LogP contribution in [0.5, 0.6) is 0 Å². The highest BCUT2D eigenvalue weighted by atomic mass is 16.6. The van der Waals surface area contributed by atoms with Crippen molar-refractivity contribution in [3.8, 4) is 0 Å². The van der Waals surface area contributed by atoms with Crippen LogP contribution >= 0.6 is 0 Å². The third-order valence-corrected chi connectivity index (χ3v) is 7.25. The van der Waals surface area contributed by atoms with Crippen LogP contribution in [0.1, 0.15) is 168 Å². The molecule has 5 nitrogen and oxygen atoms in total. The summed E-state index contributed by atoms with van der Waals surface area (Å²) in [5, 5.41) is 9.49. The lowest BCUT2D eigenvalue weighted by Gasteiger charge is -2.15. The Morgan fingerprint density at radius 3 is 1.52 bits per heavy atom. The molecule has 0 amide bonds. The van der Waals surface area contributed by atoms with E-state index in [-0.39, 0.29) is 25.2 Å². The van der Waals surface area contributed by atoms with Crippen LogP contribution in [0.2, 0.25) is 0 Å². The summed E-state index contributed by atoms with van der Waals surface area (Å²) < 4.78 is 10.5. The average Bonchev–Trinajstić information content (AvgIpc) is 2.96. The van der Waals surface area contributed by atoms with Crippen LogP contribution in [0.15, 0.2) is 24.3 Å². The SMILES string of the molecule is CCCCCC=CCC=CCCCCCCCC(=O)OCC(CO)OC(=O)CCCCCCCCCCCCC. The molecule has 0 saturated heterocycles. The summed E-state index contributed by atoms with van der Waals surface area (Å²) in [6, 6.07) is 0. The van der Waals surface area contributed by atoms with Gasteiger partial charge in [0, 0.05) is 12.8 Å². The van der Waals surface area contributed by atoms with E-state index in [1.807, 2.05) is 0 Å². The van der Waals surface area contributed by atoms with Crippen molar-refractivity contribution < 1.29 is 24.2 Å². The molecule has 0 aromatic rings. The minimum atomic E-state index is -0.770. The van der Waals surface area contributed by atoms with Crippen molar-refractivity contribution in [1.29, 1.82) is 0 Å². The van der Waals surface area contributed by atoms with E-state index in [0.717, 1.165) is 51.4 Å². The lowest BCUT2D eigenvalue weighted by molar-refractivity contribution is -0.161. The van der Waals surface area contributed by atoms with Gasteiger partial charge in [-0.2, -0.15) is 0 Å². The number of carbonyl (C=O) groups excluding carboxylic acids is 2. The number of hydrogen-bond donors (Lipinski definition) is 1. The van der Waals surface area contributed by atoms with Crippen molar-refractivity contribution in [3.05, 3.63) is 24.3 Å². The van der Waals surface area contributed by atoms with Gasteiger partial charge in [-0.25, -0.2) is 0 Å². The summed E-state index contributed by atoms with van der Waals surface area (Å²) in [4.78, 5) is 24.1. The van der Waals surface area contributed by atoms with Gasteiger partial charge in [0.05, 0.1) is 6.61 Å². The maximum absolute atomic E-state index is 12.1. The van der Waals surface area contributed by atoms with E-state index < -0.39 is 6.10 Å². The molecule has 0 aliphatic heterocycles. The van der Waals surface area contributed by atoms with Gasteiger partial charge < -0.3 is 14.6 Å². The van der Waals surface area contributed by atoms with Crippen LogP contribution in [0, 0.1) is 0 Å². The van der Waals surface area contributed by atoms with Gasteiger partial charge in [0.25, 0.3) is 0 Å². The number of aliphatic hydroxyl groups is 1. The van der Waals surface area contributed by atoms with Gasteiger partial charge in [-0.3, -0.25) is 9.59 Å². The van der Waals surface area contributed by atoms with Gasteiger partial charge in [0.15, 0.2) is 6.10 Å². The third-order valence-electron chi connectivity index (χ3n) is 7.25. The molecular formula is C35H64O5. The molecule has 0 bridgehead atoms. The number of rotatable bonds is 30. The number of allylic oxidation sites excluding steroid dienone is 4. The molecule has 40 heavy (non-hydrogen) atoms. The summed E-state index contributed by atoms with van der Waals surface area (Å²) >= 11 is 0. The predicted octanol–water partition coefficient (Wildman–Crippen LogP) is 9.95. The first-order valence-corrected chi connectivity index (χ1v) is 16.9. The number of ether oxygens (including phenoxy) is 2. The molecule has 0 fully saturated rings. The van der Waals surface area contributed by atoms with E-state index in [1.54, 1.807) is 0 Å². The Bertz CT molecular complexity index is 613. The lowest BCUT2D eigenvalue weighted by Crippen LogP contribution is -2.28. The summed E-state index contributed by atoms with van der Waals surface area (Å²) in [5.74, 6) is -0.606. The summed E-state index contributed by atoms with van der Waals surface area (Å²) in [5.41, 5.74) is 0. The average molecular weight is 565 g/mol. The lowest BCUT2D eigenvalue weighted by atomic mass is 10.1. The fourth-order valence-electron chi connectivity index (χ4n) is 4.64. The van der Waals surface area contributed by atoms with Crippen LogP contribution in [-0.2, 0) is 19.1 Å². The second-order valence-corrected chi connectivity index (χ2v) is 11.2. The molecule has 0 aliphatic carbocycles. The van der Waals surface area contributed by atoms with Crippen LogP contribution < -0.4 is 0 Å². The number of unbranched alkanes of at least 4 members (excludes halogenated alkanes) is 18. The molecule has 0 aromatic heterocycles. The summed E-state index contributed by atoms with van der Waals surface area (Å²) in [7, 11) is 0. The van der Waals surface area contributed by atoms with Crippen molar-refractivity contribution in [2.75, 3.05) is 13.2 Å². The molecule has 5 heteroatoms. The zero-order valence-electron chi connectivity index (χ0n) is 26.4. The smallest absolute Gasteiger partial charge is 0.306 e. The van der Waals surface area contributed by atoms with Crippen LogP contribution in [-0.4, -0.2) is 36.4 Å². The molecule has 0 aromatic carbocycles. The number of hydrogen-bond acceptors (Lipinski definition) is 5. The Hall–Kier alpha value is -1.62. The molecule has 0 heterocycles. The molecule has 1 unspecified atom stereocenters. The van der Waals surface area contributed by atoms with E-state index in [9.17, 15) is 14.7 Å². The number of carbonyl (C=O) groups is 2. The van der Waals surface area contributed by atoms with E-state index >= 15 is 0 Å². The van der Waals surface area contributed by atoms with Gasteiger partial charge in [-0.1, -0.05) is 134 Å². The number of esters is 2. The van der Waals surface area contributed by atoms with E-state index in [0.29, 0.717) is 12.8 Å². The maximum Gasteiger partial charge on any atom is 0.306 e. The Labute approximate surface area is 247 Å². The van der Waals surface area contributed by atoms with Gasteiger partial charge in [0.2, 0.25) is 0 Å². The topological polar surface area (TPSA) is 72.8 Å². The fourth-order valence-corrected chi connectivity index (χ4v) is 4.64. The van der Waals surface area contributed by atoms with Crippen molar-refractivity contribution in [1.82, 2.24) is 0 Å². The molecule has 234 valence electrons. The first-order chi connectivity index (χ1) is 19.6. The quantitative estimate of drug-likeness (QED) is 0.0534. The first-order valence-electron chi connectivity index (χ1n) is 16.9. The molecule has 0 spiro atoms. The Balaban J connectivity index is 3.60. The first kappa shape index (κ1) is 38.4. The van der Waals surface area contributed by atoms with Crippen molar-refractivity contribution in [3.63, 3.8) is 0 Å². The Kier molecular flexibility index (Phi) is 30.6. The summed E-state index contributed by atoms with van der Waals surface area (Å²) in [6.45, 7) is 4.08. The van der Waals surface area contributed by atoms with Crippen molar-refractivity contribution in [2.24, 2.45) is 0 Å². The van der Waals surface area contributed by atoms with Gasteiger partial charge in [-0.05, 0) is 44.9 Å². The zero-order valence-corrected chi connectivity index (χ0v) is 26.4. The normalized spacial score (nSPS) is 12.4. The molecule has 0 aliphatic rings. The predicted molar refractivity (Wildman–Crippen MR) is 168 cm³/mol. The van der Waals surface area contributed by atoms with Crippen molar-refractivity contribution >= 4 is 11.9 Å². The minimum absolute atomic E-state index is 0.0698. The molecule has 1 N–H and O–H groups in total. The van der Waals surface area contributed by atoms with E-state index in [1.165, 1.54) is 89.9 Å². The second kappa shape index (κ2) is 31.9. The van der Waals surface area contributed by atoms with Crippen LogP contribution in [0.25, 0.3) is 0 Å². The largest absolute Gasteiger partial charge is 0.462 e. The molecule has 0 radical (unpaired) electrons. The number of aliphatic hydroxyl groups excluding tert-OH is 1. The monoisotopic (exact) mass is 564 g/mol. The summed E-state index contributed by atoms with van der Waals surface area (Å²) in [6.07, 6.45) is 35.1. The second-order valence-electron chi connectivity index (χ2n) is 11.2. The van der Waals surface area contributed by atoms with Crippen LogP contribution in [0.4, 0.5) is 0 Å². The maximum atomic E-state index is 12.1. The van der Waals surface area contributed by atoms with Crippen LogP contribution in [0.3, 0.4) is 0 Å². The van der Waals surface area contributed by atoms with Gasteiger partial charge in [0.1, 0.15) is 6.61 Å². The highest BCUT2D eigenvalue weighted by molar-refractivity contribution is 5.70. The van der Waals surface area contributed by atoms with Gasteiger partial charge in [-0.15, -0.1) is 0 Å². The highest BCUT2D eigenvalue weighted by Gasteiger charge is 2.16. The van der Waals surface area contributed by atoms with Gasteiger partial charge >= 0.3 is 11.9 Å².